The number of rotatable bonds is 7. The summed E-state index contributed by atoms with van der Waals surface area (Å²) in [5, 5.41) is 11.1. The lowest BCUT2D eigenvalue weighted by Crippen LogP contribution is -2.29. The summed E-state index contributed by atoms with van der Waals surface area (Å²) in [7, 11) is 0. The molecule has 7 heteroatoms. The van der Waals surface area contributed by atoms with Gasteiger partial charge in [-0.2, -0.15) is 0 Å². The summed E-state index contributed by atoms with van der Waals surface area (Å²) >= 11 is 0. The molecule has 0 radical (unpaired) electrons. The van der Waals surface area contributed by atoms with Gasteiger partial charge in [0.25, 0.3) is 11.7 Å². The molecule has 1 aliphatic rings. The van der Waals surface area contributed by atoms with Gasteiger partial charge in [-0.3, -0.25) is 14.5 Å². The SMILES string of the molecule is CCOc1cccc(N2C(=O)C(=O)/C(=C(/O)c3ccc(F)cc3)C2c2ccc(OC(C)C)cc2)c1. The molecular formula is C28H26FNO5. The number of carbonyl (C=O) groups excluding carboxylic acids is 2. The second-order valence-corrected chi connectivity index (χ2v) is 8.34. The number of Topliss-reactive ketones (excluding diaryl/α,β-unsaturated/α-hetero) is 1. The van der Waals surface area contributed by atoms with Crippen LogP contribution < -0.4 is 14.4 Å². The molecule has 35 heavy (non-hydrogen) atoms. The third kappa shape index (κ3) is 4.89. The van der Waals surface area contributed by atoms with Crippen molar-refractivity contribution in [3.8, 4) is 11.5 Å². The Labute approximate surface area is 203 Å². The van der Waals surface area contributed by atoms with Crippen LogP contribution in [0.1, 0.15) is 37.9 Å². The molecule has 3 aromatic carbocycles. The van der Waals surface area contributed by atoms with E-state index in [0.29, 0.717) is 29.4 Å². The summed E-state index contributed by atoms with van der Waals surface area (Å²) in [6.07, 6.45) is -0.0220. The predicted molar refractivity (Wildman–Crippen MR) is 131 cm³/mol. The largest absolute Gasteiger partial charge is 0.507 e. The van der Waals surface area contributed by atoms with E-state index in [2.05, 4.69) is 0 Å². The van der Waals surface area contributed by atoms with Gasteiger partial charge in [0.2, 0.25) is 0 Å². The summed E-state index contributed by atoms with van der Waals surface area (Å²) < 4.78 is 24.8. The zero-order valence-corrected chi connectivity index (χ0v) is 19.7. The number of ketones is 1. The van der Waals surface area contributed by atoms with Gasteiger partial charge in [0.05, 0.1) is 24.3 Å². The molecule has 180 valence electrons. The van der Waals surface area contributed by atoms with Gasteiger partial charge in [-0.25, -0.2) is 4.39 Å². The van der Waals surface area contributed by atoms with Crippen LogP contribution in [0, 0.1) is 5.82 Å². The third-order valence-corrected chi connectivity index (χ3v) is 5.54. The molecule has 1 atom stereocenters. The molecule has 1 N–H and O–H groups in total. The zero-order valence-electron chi connectivity index (χ0n) is 19.7. The van der Waals surface area contributed by atoms with E-state index in [9.17, 15) is 19.1 Å². The second kappa shape index (κ2) is 10.0. The lowest BCUT2D eigenvalue weighted by atomic mass is 9.95. The van der Waals surface area contributed by atoms with Crippen molar-refractivity contribution in [1.82, 2.24) is 0 Å². The Bertz CT molecular complexity index is 1270. The molecule has 1 unspecified atom stereocenters. The number of aliphatic hydroxyl groups excluding tert-OH is 1. The highest BCUT2D eigenvalue weighted by Crippen LogP contribution is 2.43. The summed E-state index contributed by atoms with van der Waals surface area (Å²) in [6.45, 7) is 6.11. The molecule has 4 rings (SSSR count). The number of anilines is 1. The highest BCUT2D eigenvalue weighted by atomic mass is 19.1. The Kier molecular flexibility index (Phi) is 6.87. The van der Waals surface area contributed by atoms with E-state index in [-0.39, 0.29) is 23.0 Å². The molecule has 0 spiro atoms. The molecule has 0 bridgehead atoms. The van der Waals surface area contributed by atoms with Crippen LogP contribution in [0.4, 0.5) is 10.1 Å². The highest BCUT2D eigenvalue weighted by Gasteiger charge is 2.47. The van der Waals surface area contributed by atoms with E-state index in [1.165, 1.54) is 29.2 Å². The minimum Gasteiger partial charge on any atom is -0.507 e. The smallest absolute Gasteiger partial charge is 0.300 e. The van der Waals surface area contributed by atoms with Gasteiger partial charge in [-0.1, -0.05) is 18.2 Å². The number of benzene rings is 3. The average molecular weight is 476 g/mol. The highest BCUT2D eigenvalue weighted by molar-refractivity contribution is 6.51. The van der Waals surface area contributed by atoms with Gasteiger partial charge in [-0.15, -0.1) is 0 Å². The normalized spacial score (nSPS) is 17.2. The van der Waals surface area contributed by atoms with Gasteiger partial charge in [0.15, 0.2) is 0 Å². The van der Waals surface area contributed by atoms with Crippen LogP contribution >= 0.6 is 0 Å². The van der Waals surface area contributed by atoms with Crippen molar-refractivity contribution in [2.45, 2.75) is 32.9 Å². The van der Waals surface area contributed by atoms with E-state index < -0.39 is 23.5 Å². The van der Waals surface area contributed by atoms with Crippen molar-refractivity contribution in [1.29, 1.82) is 0 Å². The lowest BCUT2D eigenvalue weighted by molar-refractivity contribution is -0.132. The maximum atomic E-state index is 13.5. The van der Waals surface area contributed by atoms with Gasteiger partial charge in [0.1, 0.15) is 23.1 Å². The number of hydrogen-bond acceptors (Lipinski definition) is 5. The van der Waals surface area contributed by atoms with Gasteiger partial charge >= 0.3 is 0 Å². The van der Waals surface area contributed by atoms with Crippen molar-refractivity contribution in [2.24, 2.45) is 0 Å². The quantitative estimate of drug-likeness (QED) is 0.272. The summed E-state index contributed by atoms with van der Waals surface area (Å²) in [6, 6.07) is 18.1. The van der Waals surface area contributed by atoms with E-state index in [0.717, 1.165) is 0 Å². The van der Waals surface area contributed by atoms with E-state index >= 15 is 0 Å². The van der Waals surface area contributed by atoms with Crippen LogP contribution in [0.3, 0.4) is 0 Å². The summed E-state index contributed by atoms with van der Waals surface area (Å²) in [4.78, 5) is 27.9. The molecule has 1 amide bonds. The molecule has 1 fully saturated rings. The molecule has 3 aromatic rings. The summed E-state index contributed by atoms with van der Waals surface area (Å²) in [5.74, 6) is -1.29. The monoisotopic (exact) mass is 475 g/mol. The Morgan fingerprint density at radius 1 is 1.00 bits per heavy atom. The molecule has 6 nitrogen and oxygen atoms in total. The second-order valence-electron chi connectivity index (χ2n) is 8.34. The lowest BCUT2D eigenvalue weighted by Gasteiger charge is -2.26. The number of amides is 1. The molecule has 0 aliphatic carbocycles. The first-order valence-corrected chi connectivity index (χ1v) is 11.4. The van der Waals surface area contributed by atoms with E-state index in [1.807, 2.05) is 20.8 Å². The van der Waals surface area contributed by atoms with Crippen LogP contribution in [0.25, 0.3) is 5.76 Å². The first-order valence-electron chi connectivity index (χ1n) is 11.4. The topological polar surface area (TPSA) is 76.1 Å². The number of carbonyl (C=O) groups is 2. The Morgan fingerprint density at radius 3 is 2.31 bits per heavy atom. The van der Waals surface area contributed by atoms with Crippen molar-refractivity contribution in [3.05, 3.63) is 95.3 Å². The van der Waals surface area contributed by atoms with Crippen LogP contribution in [0.15, 0.2) is 78.4 Å². The number of aliphatic hydroxyl groups is 1. The van der Waals surface area contributed by atoms with Crippen molar-refractivity contribution in [2.75, 3.05) is 11.5 Å². The minimum absolute atomic E-state index is 0.0220. The number of halogens is 1. The Hall–Kier alpha value is -4.13. The maximum Gasteiger partial charge on any atom is 0.300 e. The molecule has 1 heterocycles. The van der Waals surface area contributed by atoms with Gasteiger partial charge in [-0.05, 0) is 74.9 Å². The minimum atomic E-state index is -0.912. The standard InChI is InChI=1S/C28H26FNO5/c1-4-34-23-7-5-6-21(16-23)30-25(18-10-14-22(15-11-18)35-17(2)3)24(27(32)28(30)33)26(31)19-8-12-20(29)13-9-19/h5-17,25,31H,4H2,1-3H3/b26-24+. The number of nitrogens with zero attached hydrogens (tertiary/aromatic N) is 1. The third-order valence-electron chi connectivity index (χ3n) is 5.54. The maximum absolute atomic E-state index is 13.5. The fraction of sp³-hybridized carbons (Fsp3) is 0.214. The fourth-order valence-corrected chi connectivity index (χ4v) is 4.07. The van der Waals surface area contributed by atoms with Crippen LogP contribution in [0.5, 0.6) is 11.5 Å². The first-order chi connectivity index (χ1) is 16.8. The van der Waals surface area contributed by atoms with E-state index in [4.69, 9.17) is 9.47 Å². The molecule has 1 aliphatic heterocycles. The summed E-state index contributed by atoms with van der Waals surface area (Å²) in [5.41, 5.74) is 1.20. The average Bonchev–Trinajstić information content (AvgIpc) is 3.10. The van der Waals surface area contributed by atoms with Gasteiger partial charge in [0, 0.05) is 17.3 Å². The van der Waals surface area contributed by atoms with Crippen LogP contribution in [-0.2, 0) is 9.59 Å². The van der Waals surface area contributed by atoms with Gasteiger partial charge < -0.3 is 14.6 Å². The first kappa shape index (κ1) is 24.0. The van der Waals surface area contributed by atoms with Crippen molar-refractivity contribution >= 4 is 23.1 Å². The van der Waals surface area contributed by atoms with Crippen LogP contribution in [-0.4, -0.2) is 29.5 Å². The number of ether oxygens (including phenoxy) is 2. The Morgan fingerprint density at radius 2 is 1.69 bits per heavy atom. The zero-order chi connectivity index (χ0) is 25.1. The van der Waals surface area contributed by atoms with Crippen LogP contribution in [0.2, 0.25) is 0 Å². The molecule has 0 aromatic heterocycles. The predicted octanol–water partition coefficient (Wildman–Crippen LogP) is 5.64. The van der Waals surface area contributed by atoms with Crippen molar-refractivity contribution < 1.29 is 28.6 Å². The molecule has 0 saturated carbocycles. The van der Waals surface area contributed by atoms with Crippen molar-refractivity contribution in [3.63, 3.8) is 0 Å². The molecule has 1 saturated heterocycles. The van der Waals surface area contributed by atoms with E-state index in [1.54, 1.807) is 48.5 Å². The number of hydrogen-bond donors (Lipinski definition) is 1. The fourth-order valence-electron chi connectivity index (χ4n) is 4.07. The Balaban J connectivity index is 1.88. The molecular weight excluding hydrogens is 449 g/mol.